The molecule has 0 bridgehead atoms. The minimum absolute atomic E-state index is 0.299. The summed E-state index contributed by atoms with van der Waals surface area (Å²) < 4.78 is 9.58. The highest BCUT2D eigenvalue weighted by Crippen LogP contribution is 2.53. The first-order valence-electron chi connectivity index (χ1n) is 44.6. The molecule has 129 heavy (non-hydrogen) atoms. The number of para-hydroxylation sites is 8. The maximum Gasteiger partial charge on any atom is 0.0547 e. The lowest BCUT2D eigenvalue weighted by atomic mass is 9.81. The zero-order valence-corrected chi connectivity index (χ0v) is 71.2. The second-order valence-corrected chi connectivity index (χ2v) is 34.7. The summed E-state index contributed by atoms with van der Waals surface area (Å²) in [6.07, 6.45) is 0. The molecule has 6 heteroatoms. The van der Waals surface area contributed by atoms with Gasteiger partial charge in [0.05, 0.1) is 44.1 Å². The monoisotopic (exact) mass is 1640 g/mol. The Morgan fingerprint density at radius 2 is 0.426 bits per heavy atom. The summed E-state index contributed by atoms with van der Waals surface area (Å²) in [5.74, 6) is 0. The lowest BCUT2D eigenvalue weighted by Crippen LogP contribution is -2.16. The van der Waals surface area contributed by atoms with Crippen LogP contribution in [0.2, 0.25) is 0 Å². The highest BCUT2D eigenvalue weighted by Gasteiger charge is 2.37. The standard InChI is InChI=1S/C123H84N6/c1-123(2)112-79-91(90-59-76-120-111(78-90)108-32-15-20-38-117(108)127(120)94-27-10-5-11-28-94)57-73-103(112)104-74-72-101(80-113(104)123)125(98-64-49-84(50-65-98)85-51-68-99(69-52-85)128-114-35-17-12-29-105(114)106-30-13-18-36-115(106)128)97-62-47-82(48-63-97)81-41-43-88(44-42-81)102-34-22-40-121-122(102)109-33-16-21-39-118(109)129(121)100-70-53-86(54-71-100)83-45-60-95(61-46-83)124(92-23-6-3-7-24-92)96-66-55-87(56-67-96)89-58-75-119-110(77-89)107-31-14-19-37-116(107)126(119)93-25-8-4-9-26-93/h3-80H,1-2H3. The van der Waals surface area contributed by atoms with E-state index in [1.54, 1.807) is 0 Å². The number of fused-ring (bicyclic) bond motifs is 15. The molecule has 0 saturated heterocycles. The molecule has 1 aliphatic carbocycles. The van der Waals surface area contributed by atoms with Crippen LogP contribution < -0.4 is 9.80 Å². The van der Waals surface area contributed by atoms with E-state index >= 15 is 0 Å². The lowest BCUT2D eigenvalue weighted by molar-refractivity contribution is 0.660. The van der Waals surface area contributed by atoms with E-state index in [4.69, 9.17) is 0 Å². The zero-order chi connectivity index (χ0) is 85.4. The fraction of sp³-hybridized carbons (Fsp3) is 0.0244. The van der Waals surface area contributed by atoms with E-state index in [0.29, 0.717) is 0 Å². The Morgan fingerprint density at radius 1 is 0.163 bits per heavy atom. The average Bonchev–Trinajstić information content (AvgIpc) is 1.62. The fourth-order valence-corrected chi connectivity index (χ4v) is 20.9. The van der Waals surface area contributed by atoms with E-state index < -0.39 is 0 Å². The van der Waals surface area contributed by atoms with Gasteiger partial charge in [0.2, 0.25) is 0 Å². The highest BCUT2D eigenvalue weighted by atomic mass is 15.1. The minimum atomic E-state index is -0.299. The molecule has 0 N–H and O–H groups in total. The number of anilines is 6. The second-order valence-electron chi connectivity index (χ2n) is 34.7. The van der Waals surface area contributed by atoms with Gasteiger partial charge in [0.25, 0.3) is 0 Å². The average molecular weight is 1650 g/mol. The molecule has 4 aromatic heterocycles. The lowest BCUT2D eigenvalue weighted by Gasteiger charge is -2.28. The van der Waals surface area contributed by atoms with E-state index in [0.717, 1.165) is 95.8 Å². The Kier molecular flexibility index (Phi) is 17.6. The van der Waals surface area contributed by atoms with Gasteiger partial charge < -0.3 is 28.1 Å². The smallest absolute Gasteiger partial charge is 0.0547 e. The number of rotatable bonds is 16. The largest absolute Gasteiger partial charge is 0.311 e. The van der Waals surface area contributed by atoms with Gasteiger partial charge in [0, 0.05) is 105 Å². The van der Waals surface area contributed by atoms with Gasteiger partial charge in [-0.3, -0.25) is 0 Å². The van der Waals surface area contributed by atoms with Crippen molar-refractivity contribution in [2.75, 3.05) is 9.80 Å². The van der Waals surface area contributed by atoms with Gasteiger partial charge >= 0.3 is 0 Å². The summed E-state index contributed by atoms with van der Waals surface area (Å²) in [4.78, 5) is 4.78. The minimum Gasteiger partial charge on any atom is -0.311 e. The molecule has 0 saturated carbocycles. The Hall–Kier alpha value is -16.8. The predicted molar refractivity (Wildman–Crippen MR) is 543 cm³/mol. The van der Waals surface area contributed by atoms with Crippen LogP contribution in [0.25, 0.3) is 188 Å². The van der Waals surface area contributed by atoms with Crippen molar-refractivity contribution in [1.82, 2.24) is 18.3 Å². The van der Waals surface area contributed by atoms with Gasteiger partial charge in [0.15, 0.2) is 0 Å². The highest BCUT2D eigenvalue weighted by molar-refractivity contribution is 6.17. The molecule has 606 valence electrons. The quantitative estimate of drug-likeness (QED) is 0.0964. The topological polar surface area (TPSA) is 26.2 Å². The van der Waals surface area contributed by atoms with Crippen LogP contribution in [0, 0.1) is 0 Å². The summed E-state index contributed by atoms with van der Waals surface area (Å²) in [5.41, 5.74) is 39.6. The molecule has 0 fully saturated rings. The molecule has 4 heterocycles. The van der Waals surface area contributed by atoms with Crippen LogP contribution in [0.15, 0.2) is 473 Å². The van der Waals surface area contributed by atoms with Crippen LogP contribution in [0.5, 0.6) is 0 Å². The summed E-state index contributed by atoms with van der Waals surface area (Å²) in [5, 5.41) is 9.95. The molecule has 20 aromatic carbocycles. The number of aromatic nitrogens is 4. The maximum absolute atomic E-state index is 2.46. The summed E-state index contributed by atoms with van der Waals surface area (Å²) in [7, 11) is 0. The predicted octanol–water partition coefficient (Wildman–Crippen LogP) is 33.3. The van der Waals surface area contributed by atoms with Crippen molar-refractivity contribution in [3.8, 4) is 101 Å². The molecule has 0 amide bonds. The summed E-state index contributed by atoms with van der Waals surface area (Å²) in [6, 6.07) is 175. The van der Waals surface area contributed by atoms with E-state index in [1.807, 2.05) is 0 Å². The van der Waals surface area contributed by atoms with Crippen LogP contribution in [0.3, 0.4) is 0 Å². The van der Waals surface area contributed by atoms with Gasteiger partial charge in [-0.2, -0.15) is 0 Å². The van der Waals surface area contributed by atoms with Gasteiger partial charge in [-0.05, 0) is 277 Å². The first kappa shape index (κ1) is 74.8. The van der Waals surface area contributed by atoms with E-state index in [9.17, 15) is 0 Å². The van der Waals surface area contributed by atoms with Crippen molar-refractivity contribution in [3.05, 3.63) is 484 Å². The van der Waals surface area contributed by atoms with Crippen LogP contribution in [0.4, 0.5) is 34.1 Å². The molecule has 0 unspecified atom stereocenters. The zero-order valence-electron chi connectivity index (χ0n) is 71.2. The number of hydrogen-bond donors (Lipinski definition) is 0. The van der Waals surface area contributed by atoms with E-state index in [2.05, 4.69) is 515 Å². The van der Waals surface area contributed by atoms with Crippen molar-refractivity contribution in [1.29, 1.82) is 0 Å². The van der Waals surface area contributed by atoms with Crippen molar-refractivity contribution in [2.45, 2.75) is 19.3 Å². The number of hydrogen-bond acceptors (Lipinski definition) is 2. The molecule has 1 aliphatic rings. The van der Waals surface area contributed by atoms with E-state index in [-0.39, 0.29) is 5.41 Å². The molecule has 0 spiro atoms. The normalized spacial score (nSPS) is 12.3. The molecule has 24 aromatic rings. The number of benzene rings is 20. The molecule has 25 rings (SSSR count). The van der Waals surface area contributed by atoms with Crippen molar-refractivity contribution in [3.63, 3.8) is 0 Å². The second kappa shape index (κ2) is 30.3. The van der Waals surface area contributed by atoms with Crippen molar-refractivity contribution >= 4 is 121 Å². The first-order valence-corrected chi connectivity index (χ1v) is 44.6. The fourth-order valence-electron chi connectivity index (χ4n) is 20.9. The van der Waals surface area contributed by atoms with Crippen LogP contribution in [-0.4, -0.2) is 18.3 Å². The van der Waals surface area contributed by atoms with Gasteiger partial charge in [-0.15, -0.1) is 0 Å². The number of nitrogens with zero attached hydrogens (tertiary/aromatic N) is 6. The third-order valence-electron chi connectivity index (χ3n) is 27.2. The molecular formula is C123H84N6. The molecule has 0 aliphatic heterocycles. The Balaban J connectivity index is 0.503. The molecule has 0 radical (unpaired) electrons. The van der Waals surface area contributed by atoms with Crippen LogP contribution in [0.1, 0.15) is 25.0 Å². The Morgan fingerprint density at radius 3 is 0.868 bits per heavy atom. The summed E-state index contributed by atoms with van der Waals surface area (Å²) in [6.45, 7) is 4.81. The Bertz CT molecular complexity index is 8440. The Labute approximate surface area is 748 Å². The van der Waals surface area contributed by atoms with Gasteiger partial charge in [-0.1, -0.05) is 299 Å². The van der Waals surface area contributed by atoms with Crippen LogP contribution >= 0.6 is 0 Å². The van der Waals surface area contributed by atoms with Crippen molar-refractivity contribution < 1.29 is 0 Å². The third kappa shape index (κ3) is 12.5. The molecule has 6 nitrogen and oxygen atoms in total. The SMILES string of the molecule is CC1(C)c2cc(-c3ccc4c(c3)c3ccccc3n4-c3ccccc3)ccc2-c2ccc(N(c3ccc(-c4ccc(-c5cccc6c5c5ccccc5n6-c5ccc(-c6ccc(N(c7ccccc7)c7ccc(-c8ccc9c(c8)c8ccccc8n9-c8ccccc8)cc7)cc6)cc5)cc4)cc3)c3ccc(-c4ccc(-n5c6ccccc6c6ccccc65)cc4)cc3)cc21. The van der Waals surface area contributed by atoms with Gasteiger partial charge in [0.1, 0.15) is 0 Å². The molecule has 0 atom stereocenters. The summed E-state index contributed by atoms with van der Waals surface area (Å²) >= 11 is 0. The van der Waals surface area contributed by atoms with E-state index in [1.165, 1.54) is 137 Å². The molecular weight excluding hydrogens is 1560 g/mol. The third-order valence-corrected chi connectivity index (χ3v) is 27.2. The first-order chi connectivity index (χ1) is 63.7. The maximum atomic E-state index is 2.46. The van der Waals surface area contributed by atoms with Crippen LogP contribution in [-0.2, 0) is 5.41 Å². The van der Waals surface area contributed by atoms with Gasteiger partial charge in [-0.25, -0.2) is 0 Å². The van der Waals surface area contributed by atoms with Crippen molar-refractivity contribution in [2.24, 2.45) is 0 Å².